The van der Waals surface area contributed by atoms with Gasteiger partial charge in [-0.2, -0.15) is 0 Å². The summed E-state index contributed by atoms with van der Waals surface area (Å²) in [4.78, 5) is 1.39. The van der Waals surface area contributed by atoms with Crippen molar-refractivity contribution in [3.63, 3.8) is 0 Å². The van der Waals surface area contributed by atoms with Gasteiger partial charge in [-0.3, -0.25) is 0 Å². The first-order valence-electron chi connectivity index (χ1n) is 5.11. The molecule has 0 heterocycles. The minimum Gasteiger partial charge on any atom is -0.326 e. The molecular weight excluding hydrogens is 257 g/mol. The first-order valence-corrected chi connectivity index (χ1v) is 6.31. The van der Waals surface area contributed by atoms with Gasteiger partial charge in [0.05, 0.1) is 5.02 Å². The molecule has 1 nitrogen and oxygen atoms in total. The lowest BCUT2D eigenvalue weighted by Crippen LogP contribution is -1.95. The van der Waals surface area contributed by atoms with Gasteiger partial charge < -0.3 is 5.73 Å². The average molecular weight is 268 g/mol. The lowest BCUT2D eigenvalue weighted by Gasteiger charge is -2.06. The highest BCUT2D eigenvalue weighted by Gasteiger charge is 2.07. The number of hydrogen-bond acceptors (Lipinski definition) is 2. The zero-order chi connectivity index (χ0) is 12.3. The van der Waals surface area contributed by atoms with E-state index in [0.717, 1.165) is 10.5 Å². The second-order valence-corrected chi connectivity index (χ2v) is 4.99. The fourth-order valence-electron chi connectivity index (χ4n) is 1.40. The van der Waals surface area contributed by atoms with Crippen LogP contribution in [0.2, 0.25) is 5.02 Å². The van der Waals surface area contributed by atoms with Gasteiger partial charge in [0.1, 0.15) is 5.82 Å². The minimum atomic E-state index is -0.239. The van der Waals surface area contributed by atoms with E-state index in [-0.39, 0.29) is 5.82 Å². The Kier molecular flexibility index (Phi) is 4.05. The van der Waals surface area contributed by atoms with E-state index in [1.807, 2.05) is 18.2 Å². The molecule has 0 atom stereocenters. The third-order valence-corrected chi connectivity index (χ3v) is 3.84. The third-order valence-electron chi connectivity index (χ3n) is 2.29. The summed E-state index contributed by atoms with van der Waals surface area (Å²) in [6.45, 7) is 0.449. The van der Waals surface area contributed by atoms with Crippen LogP contribution in [0.1, 0.15) is 5.56 Å². The second kappa shape index (κ2) is 5.54. The fraction of sp³-hybridized carbons (Fsp3) is 0.0769. The Morgan fingerprint density at radius 2 is 1.88 bits per heavy atom. The number of hydrogen-bond donors (Lipinski definition) is 1. The van der Waals surface area contributed by atoms with Gasteiger partial charge in [-0.1, -0.05) is 41.6 Å². The Balaban J connectivity index is 2.28. The number of halogens is 2. The first-order chi connectivity index (χ1) is 8.20. The fourth-order valence-corrected chi connectivity index (χ4v) is 2.56. The molecule has 2 N–H and O–H groups in total. The van der Waals surface area contributed by atoms with E-state index in [1.54, 1.807) is 18.2 Å². The summed E-state index contributed by atoms with van der Waals surface area (Å²) in [6, 6.07) is 12.2. The Bertz CT molecular complexity index is 531. The summed E-state index contributed by atoms with van der Waals surface area (Å²) in [5.41, 5.74) is 6.49. The van der Waals surface area contributed by atoms with Gasteiger partial charge >= 0.3 is 0 Å². The van der Waals surface area contributed by atoms with E-state index in [9.17, 15) is 4.39 Å². The summed E-state index contributed by atoms with van der Waals surface area (Å²) in [5, 5.41) is 0.598. The molecule has 2 rings (SSSR count). The monoisotopic (exact) mass is 267 g/mol. The van der Waals surface area contributed by atoms with Crippen LogP contribution in [0.4, 0.5) is 4.39 Å². The zero-order valence-corrected chi connectivity index (χ0v) is 10.6. The molecule has 0 bridgehead atoms. The van der Waals surface area contributed by atoms with Gasteiger partial charge in [0.2, 0.25) is 0 Å². The molecule has 4 heteroatoms. The molecule has 0 aliphatic rings. The molecule has 2 aromatic carbocycles. The maximum absolute atomic E-state index is 13.5. The molecule has 0 radical (unpaired) electrons. The van der Waals surface area contributed by atoms with E-state index in [0.29, 0.717) is 16.5 Å². The molecule has 0 aliphatic carbocycles. The molecule has 2 aromatic rings. The van der Waals surface area contributed by atoms with E-state index >= 15 is 0 Å². The predicted molar refractivity (Wildman–Crippen MR) is 69.9 cm³/mol. The zero-order valence-electron chi connectivity index (χ0n) is 8.99. The molecule has 0 aliphatic heterocycles. The summed E-state index contributed by atoms with van der Waals surface area (Å²) in [7, 11) is 0. The van der Waals surface area contributed by atoms with Crippen LogP contribution < -0.4 is 5.73 Å². The summed E-state index contributed by atoms with van der Waals surface area (Å²) in [6.07, 6.45) is 0. The van der Waals surface area contributed by atoms with Crippen LogP contribution in [-0.2, 0) is 6.54 Å². The molecule has 0 saturated heterocycles. The second-order valence-electron chi connectivity index (χ2n) is 3.50. The van der Waals surface area contributed by atoms with E-state index < -0.39 is 0 Å². The summed E-state index contributed by atoms with van der Waals surface area (Å²) in [5.74, 6) is -0.239. The Hall–Kier alpha value is -1.03. The van der Waals surface area contributed by atoms with Gasteiger partial charge in [-0.25, -0.2) is 4.39 Å². The van der Waals surface area contributed by atoms with Crippen molar-refractivity contribution in [3.05, 3.63) is 58.9 Å². The van der Waals surface area contributed by atoms with Crippen LogP contribution in [0, 0.1) is 5.82 Å². The van der Waals surface area contributed by atoms with Crippen molar-refractivity contribution in [1.29, 1.82) is 0 Å². The van der Waals surface area contributed by atoms with Crippen molar-refractivity contribution >= 4 is 23.4 Å². The van der Waals surface area contributed by atoms with Crippen molar-refractivity contribution in [2.45, 2.75) is 16.3 Å². The maximum atomic E-state index is 13.5. The highest BCUT2D eigenvalue weighted by Crippen LogP contribution is 2.34. The molecule has 0 amide bonds. The van der Waals surface area contributed by atoms with Crippen LogP contribution in [-0.4, -0.2) is 0 Å². The maximum Gasteiger partial charge on any atom is 0.137 e. The van der Waals surface area contributed by atoms with Crippen LogP contribution in [0.5, 0.6) is 0 Å². The molecule has 0 aromatic heterocycles. The molecule has 0 saturated carbocycles. The van der Waals surface area contributed by atoms with Crippen molar-refractivity contribution in [1.82, 2.24) is 0 Å². The van der Waals surface area contributed by atoms with E-state index in [1.165, 1.54) is 17.8 Å². The highest BCUT2D eigenvalue weighted by atomic mass is 35.5. The van der Waals surface area contributed by atoms with Crippen LogP contribution in [0.25, 0.3) is 0 Å². The van der Waals surface area contributed by atoms with Crippen molar-refractivity contribution < 1.29 is 4.39 Å². The summed E-state index contributed by atoms with van der Waals surface area (Å²) >= 11 is 7.42. The standard InChI is InChI=1S/C13H11ClFNS/c14-10-7-9(8-16)5-6-12(10)17-13-4-2-1-3-11(13)15/h1-7H,8,16H2. The normalized spacial score (nSPS) is 10.5. The molecule has 0 fully saturated rings. The molecule has 0 spiro atoms. The summed E-state index contributed by atoms with van der Waals surface area (Å²) < 4.78 is 13.5. The number of rotatable bonds is 3. The SMILES string of the molecule is NCc1ccc(Sc2ccccc2F)c(Cl)c1. The van der Waals surface area contributed by atoms with Gasteiger partial charge in [-0.15, -0.1) is 0 Å². The van der Waals surface area contributed by atoms with Gasteiger partial charge in [0, 0.05) is 16.3 Å². The average Bonchev–Trinajstić information content (AvgIpc) is 2.34. The van der Waals surface area contributed by atoms with Crippen molar-refractivity contribution in [2.75, 3.05) is 0 Å². The number of benzene rings is 2. The van der Waals surface area contributed by atoms with Crippen LogP contribution >= 0.6 is 23.4 Å². The largest absolute Gasteiger partial charge is 0.326 e. The lowest BCUT2D eigenvalue weighted by atomic mass is 10.2. The van der Waals surface area contributed by atoms with Crippen molar-refractivity contribution in [2.24, 2.45) is 5.73 Å². The van der Waals surface area contributed by atoms with Gasteiger partial charge in [0.25, 0.3) is 0 Å². The lowest BCUT2D eigenvalue weighted by molar-refractivity contribution is 0.602. The molecular formula is C13H11ClFNS. The van der Waals surface area contributed by atoms with Gasteiger partial charge in [0.15, 0.2) is 0 Å². The van der Waals surface area contributed by atoms with E-state index in [2.05, 4.69) is 0 Å². The highest BCUT2D eigenvalue weighted by molar-refractivity contribution is 7.99. The van der Waals surface area contributed by atoms with Gasteiger partial charge in [-0.05, 0) is 29.8 Å². The molecule has 0 unspecified atom stereocenters. The Morgan fingerprint density at radius 3 is 2.53 bits per heavy atom. The molecule has 17 heavy (non-hydrogen) atoms. The van der Waals surface area contributed by atoms with Crippen molar-refractivity contribution in [3.8, 4) is 0 Å². The minimum absolute atomic E-state index is 0.239. The Morgan fingerprint density at radius 1 is 1.12 bits per heavy atom. The number of nitrogens with two attached hydrogens (primary N) is 1. The van der Waals surface area contributed by atoms with Crippen LogP contribution in [0.15, 0.2) is 52.3 Å². The molecule has 88 valence electrons. The third kappa shape index (κ3) is 3.00. The quantitative estimate of drug-likeness (QED) is 0.906. The smallest absolute Gasteiger partial charge is 0.137 e. The first kappa shape index (κ1) is 12.4. The topological polar surface area (TPSA) is 26.0 Å². The van der Waals surface area contributed by atoms with Crippen LogP contribution in [0.3, 0.4) is 0 Å². The predicted octanol–water partition coefficient (Wildman–Crippen LogP) is 4.09. The van der Waals surface area contributed by atoms with E-state index in [4.69, 9.17) is 17.3 Å². The Labute approximate surface area is 109 Å².